The number of rotatable bonds is 3. The smallest absolute Gasteiger partial charge is 0.0494 e. The number of likely N-dealkylation sites (N-methyl/N-ethyl adjacent to an activating group) is 1. The van der Waals surface area contributed by atoms with E-state index in [4.69, 9.17) is 0 Å². The summed E-state index contributed by atoms with van der Waals surface area (Å²) in [5.74, 6) is 0. The molecule has 0 spiro atoms. The molecule has 2 atom stereocenters. The third-order valence-electron chi connectivity index (χ3n) is 3.52. The highest BCUT2D eigenvalue weighted by Crippen LogP contribution is 2.20. The zero-order chi connectivity index (χ0) is 11.6. The predicted octanol–water partition coefficient (Wildman–Crippen LogP) is 1.03. The molecule has 1 saturated heterocycles. The van der Waals surface area contributed by atoms with Crippen LogP contribution in [0.5, 0.6) is 0 Å². The minimum atomic E-state index is 0.0232. The summed E-state index contributed by atoms with van der Waals surface area (Å²) in [6, 6.07) is 1.23. The standard InChI is InChI=1S/C12H26N2O/c1-10-6-14(7-11(2)13(10)5)8-12(3,4)9-15/h10-11,15H,6-9H2,1-5H3. The van der Waals surface area contributed by atoms with Crippen LogP contribution in [0.1, 0.15) is 27.7 Å². The van der Waals surface area contributed by atoms with Crippen molar-refractivity contribution in [3.63, 3.8) is 0 Å². The molecule has 1 N–H and O–H groups in total. The van der Waals surface area contributed by atoms with Gasteiger partial charge in [0.05, 0.1) is 0 Å². The van der Waals surface area contributed by atoms with Crippen molar-refractivity contribution in [3.05, 3.63) is 0 Å². The van der Waals surface area contributed by atoms with Crippen LogP contribution >= 0.6 is 0 Å². The maximum absolute atomic E-state index is 9.27. The summed E-state index contributed by atoms with van der Waals surface area (Å²) >= 11 is 0. The minimum absolute atomic E-state index is 0.0232. The molecule has 15 heavy (non-hydrogen) atoms. The third-order valence-corrected chi connectivity index (χ3v) is 3.52. The topological polar surface area (TPSA) is 26.7 Å². The molecule has 0 aliphatic carbocycles. The number of piperazine rings is 1. The van der Waals surface area contributed by atoms with Crippen molar-refractivity contribution >= 4 is 0 Å². The quantitative estimate of drug-likeness (QED) is 0.760. The molecule has 90 valence electrons. The average molecular weight is 214 g/mol. The van der Waals surface area contributed by atoms with Crippen molar-refractivity contribution in [2.45, 2.75) is 39.8 Å². The van der Waals surface area contributed by atoms with E-state index >= 15 is 0 Å². The van der Waals surface area contributed by atoms with E-state index in [-0.39, 0.29) is 12.0 Å². The molecule has 1 aliphatic heterocycles. The van der Waals surface area contributed by atoms with Crippen LogP contribution in [0.15, 0.2) is 0 Å². The number of hydrogen-bond acceptors (Lipinski definition) is 3. The summed E-state index contributed by atoms with van der Waals surface area (Å²) in [4.78, 5) is 4.91. The zero-order valence-corrected chi connectivity index (χ0v) is 10.8. The maximum atomic E-state index is 9.27. The van der Waals surface area contributed by atoms with E-state index < -0.39 is 0 Å². The van der Waals surface area contributed by atoms with Gasteiger partial charge in [-0.1, -0.05) is 13.8 Å². The molecule has 1 aliphatic rings. The van der Waals surface area contributed by atoms with Gasteiger partial charge in [0, 0.05) is 43.7 Å². The molecule has 0 saturated carbocycles. The summed E-state index contributed by atoms with van der Waals surface area (Å²) in [6.07, 6.45) is 0. The second-order valence-corrected chi connectivity index (χ2v) is 5.88. The first-order valence-corrected chi connectivity index (χ1v) is 5.91. The van der Waals surface area contributed by atoms with Gasteiger partial charge < -0.3 is 5.11 Å². The Morgan fingerprint density at radius 1 is 1.20 bits per heavy atom. The first-order chi connectivity index (χ1) is 6.85. The fourth-order valence-electron chi connectivity index (χ4n) is 2.30. The van der Waals surface area contributed by atoms with Gasteiger partial charge in [0.2, 0.25) is 0 Å². The Labute approximate surface area is 94.1 Å². The van der Waals surface area contributed by atoms with E-state index in [1.807, 2.05) is 0 Å². The molecule has 0 amide bonds. The number of nitrogens with zero attached hydrogens (tertiary/aromatic N) is 2. The molecule has 1 fully saturated rings. The van der Waals surface area contributed by atoms with Gasteiger partial charge in [-0.15, -0.1) is 0 Å². The van der Waals surface area contributed by atoms with Gasteiger partial charge in [-0.3, -0.25) is 9.80 Å². The van der Waals surface area contributed by atoms with Crippen molar-refractivity contribution < 1.29 is 5.11 Å². The lowest BCUT2D eigenvalue weighted by atomic mass is 9.93. The highest BCUT2D eigenvalue weighted by molar-refractivity contribution is 4.85. The van der Waals surface area contributed by atoms with Crippen molar-refractivity contribution in [3.8, 4) is 0 Å². The maximum Gasteiger partial charge on any atom is 0.0494 e. The van der Waals surface area contributed by atoms with Gasteiger partial charge in [-0.2, -0.15) is 0 Å². The second-order valence-electron chi connectivity index (χ2n) is 5.88. The van der Waals surface area contributed by atoms with Gasteiger partial charge in [-0.05, 0) is 20.9 Å². The molecule has 0 aromatic rings. The van der Waals surface area contributed by atoms with Crippen LogP contribution in [-0.2, 0) is 0 Å². The number of aliphatic hydroxyl groups excluding tert-OH is 1. The molecule has 0 aromatic carbocycles. The SMILES string of the molecule is CC1CN(CC(C)(C)CO)CC(C)N1C. The van der Waals surface area contributed by atoms with Crippen molar-refractivity contribution in [1.82, 2.24) is 9.80 Å². The van der Waals surface area contributed by atoms with Crippen LogP contribution in [0, 0.1) is 5.41 Å². The normalized spacial score (nSPS) is 30.8. The average Bonchev–Trinajstić information content (AvgIpc) is 2.13. The lowest BCUT2D eigenvalue weighted by Crippen LogP contribution is -2.56. The molecule has 0 radical (unpaired) electrons. The highest BCUT2D eigenvalue weighted by atomic mass is 16.3. The van der Waals surface area contributed by atoms with Gasteiger partial charge in [0.1, 0.15) is 0 Å². The van der Waals surface area contributed by atoms with E-state index in [2.05, 4.69) is 44.5 Å². The lowest BCUT2D eigenvalue weighted by Gasteiger charge is -2.44. The fourth-order valence-corrected chi connectivity index (χ4v) is 2.30. The van der Waals surface area contributed by atoms with Gasteiger partial charge >= 0.3 is 0 Å². The summed E-state index contributed by atoms with van der Waals surface area (Å²) in [5, 5.41) is 9.27. The van der Waals surface area contributed by atoms with E-state index in [1.165, 1.54) is 0 Å². The summed E-state index contributed by atoms with van der Waals surface area (Å²) in [6.45, 7) is 12.3. The van der Waals surface area contributed by atoms with Crippen LogP contribution in [0.3, 0.4) is 0 Å². The van der Waals surface area contributed by atoms with Gasteiger partial charge in [-0.25, -0.2) is 0 Å². The predicted molar refractivity (Wildman–Crippen MR) is 64.0 cm³/mol. The van der Waals surface area contributed by atoms with Crippen LogP contribution in [0.25, 0.3) is 0 Å². The molecule has 1 heterocycles. The van der Waals surface area contributed by atoms with Crippen LogP contribution in [0.4, 0.5) is 0 Å². The summed E-state index contributed by atoms with van der Waals surface area (Å²) < 4.78 is 0. The second kappa shape index (κ2) is 4.81. The van der Waals surface area contributed by atoms with Crippen LogP contribution in [-0.4, -0.2) is 60.3 Å². The molecule has 0 aromatic heterocycles. The van der Waals surface area contributed by atoms with Gasteiger partial charge in [0.25, 0.3) is 0 Å². The van der Waals surface area contributed by atoms with E-state index in [0.29, 0.717) is 12.1 Å². The van der Waals surface area contributed by atoms with Crippen molar-refractivity contribution in [1.29, 1.82) is 0 Å². The Balaban J connectivity index is 2.51. The molecule has 1 rings (SSSR count). The Bertz CT molecular complexity index is 194. The Morgan fingerprint density at radius 3 is 2.07 bits per heavy atom. The minimum Gasteiger partial charge on any atom is -0.396 e. The molecule has 0 bridgehead atoms. The Kier molecular flexibility index (Phi) is 4.15. The third kappa shape index (κ3) is 3.44. The zero-order valence-electron chi connectivity index (χ0n) is 10.8. The monoisotopic (exact) mass is 214 g/mol. The molecule has 2 unspecified atom stereocenters. The molecular formula is C12H26N2O. The summed E-state index contributed by atoms with van der Waals surface area (Å²) in [5.41, 5.74) is 0.0232. The van der Waals surface area contributed by atoms with Crippen LogP contribution in [0.2, 0.25) is 0 Å². The van der Waals surface area contributed by atoms with Crippen molar-refractivity contribution in [2.75, 3.05) is 33.3 Å². The molecule has 3 heteroatoms. The lowest BCUT2D eigenvalue weighted by molar-refractivity contribution is 0.0239. The molecule has 3 nitrogen and oxygen atoms in total. The highest BCUT2D eigenvalue weighted by Gasteiger charge is 2.29. The van der Waals surface area contributed by atoms with Gasteiger partial charge in [0.15, 0.2) is 0 Å². The first kappa shape index (κ1) is 12.9. The number of hydrogen-bond donors (Lipinski definition) is 1. The summed E-state index contributed by atoms with van der Waals surface area (Å²) in [7, 11) is 2.20. The van der Waals surface area contributed by atoms with E-state index in [9.17, 15) is 5.11 Å². The fraction of sp³-hybridized carbons (Fsp3) is 1.00. The first-order valence-electron chi connectivity index (χ1n) is 5.91. The Morgan fingerprint density at radius 2 is 1.67 bits per heavy atom. The molecular weight excluding hydrogens is 188 g/mol. The van der Waals surface area contributed by atoms with E-state index in [0.717, 1.165) is 19.6 Å². The largest absolute Gasteiger partial charge is 0.396 e. The Hall–Kier alpha value is -0.120. The van der Waals surface area contributed by atoms with Crippen molar-refractivity contribution in [2.24, 2.45) is 5.41 Å². The number of aliphatic hydroxyl groups is 1. The van der Waals surface area contributed by atoms with Crippen LogP contribution < -0.4 is 0 Å². The van der Waals surface area contributed by atoms with E-state index in [1.54, 1.807) is 0 Å².